The van der Waals surface area contributed by atoms with Gasteiger partial charge in [-0.3, -0.25) is 0 Å². The molecule has 0 aliphatic heterocycles. The predicted molar refractivity (Wildman–Crippen MR) is 144 cm³/mol. The molecule has 0 atom stereocenters. The minimum Gasteiger partial charge on any atom is -0.497 e. The maximum Gasteiger partial charge on any atom is 0.342 e. The maximum atomic E-state index is 13.4. The molecule has 0 radical (unpaired) electrons. The van der Waals surface area contributed by atoms with Crippen LogP contribution >= 0.6 is 0 Å². The van der Waals surface area contributed by atoms with Crippen LogP contribution in [0.3, 0.4) is 0 Å². The SMILES string of the molecule is COc1ccc(CCCOC(=O)c2c(-c3ccc(C(C)(C)C)cc3)oc3c(OC)cc(CO)cc23)cc1. The first-order valence-electron chi connectivity index (χ1n) is 12.4. The van der Waals surface area contributed by atoms with Gasteiger partial charge in [-0.05, 0) is 59.2 Å². The van der Waals surface area contributed by atoms with E-state index in [-0.39, 0.29) is 18.6 Å². The summed E-state index contributed by atoms with van der Waals surface area (Å²) in [6.45, 7) is 6.53. The largest absolute Gasteiger partial charge is 0.497 e. The number of hydrogen-bond donors (Lipinski definition) is 1. The second kappa shape index (κ2) is 11.1. The van der Waals surface area contributed by atoms with Crippen LogP contribution in [0.1, 0.15) is 54.2 Å². The number of carbonyl (C=O) groups excluding carboxylic acids is 1. The van der Waals surface area contributed by atoms with E-state index in [9.17, 15) is 9.90 Å². The first kappa shape index (κ1) is 26.3. The zero-order valence-corrected chi connectivity index (χ0v) is 22.1. The van der Waals surface area contributed by atoms with E-state index in [2.05, 4.69) is 20.8 Å². The highest BCUT2D eigenvalue weighted by Crippen LogP contribution is 2.40. The molecule has 0 bridgehead atoms. The van der Waals surface area contributed by atoms with Crippen molar-refractivity contribution in [1.29, 1.82) is 0 Å². The van der Waals surface area contributed by atoms with E-state index in [0.717, 1.165) is 23.3 Å². The maximum absolute atomic E-state index is 13.4. The predicted octanol–water partition coefficient (Wildman–Crippen LogP) is 6.70. The van der Waals surface area contributed by atoms with Gasteiger partial charge in [0.2, 0.25) is 0 Å². The molecule has 0 aliphatic carbocycles. The number of hydrogen-bond acceptors (Lipinski definition) is 6. The van der Waals surface area contributed by atoms with Crippen LogP contribution in [0.2, 0.25) is 0 Å². The lowest BCUT2D eigenvalue weighted by molar-refractivity contribution is 0.0503. The van der Waals surface area contributed by atoms with E-state index in [1.807, 2.05) is 48.5 Å². The molecule has 0 aliphatic rings. The summed E-state index contributed by atoms with van der Waals surface area (Å²) in [5.74, 6) is 1.21. The third-order valence-electron chi connectivity index (χ3n) is 6.44. The Morgan fingerprint density at radius 2 is 1.62 bits per heavy atom. The smallest absolute Gasteiger partial charge is 0.342 e. The Morgan fingerprint density at radius 3 is 2.22 bits per heavy atom. The lowest BCUT2D eigenvalue weighted by Gasteiger charge is -2.19. The highest BCUT2D eigenvalue weighted by molar-refractivity contribution is 6.10. The molecule has 0 unspecified atom stereocenters. The van der Waals surface area contributed by atoms with Gasteiger partial charge < -0.3 is 23.7 Å². The number of ether oxygens (including phenoxy) is 3. The summed E-state index contributed by atoms with van der Waals surface area (Å²) in [7, 11) is 3.17. The normalized spacial score (nSPS) is 11.5. The number of aliphatic hydroxyl groups is 1. The third-order valence-corrected chi connectivity index (χ3v) is 6.44. The van der Waals surface area contributed by atoms with Gasteiger partial charge >= 0.3 is 5.97 Å². The monoisotopic (exact) mass is 502 g/mol. The van der Waals surface area contributed by atoms with Gasteiger partial charge in [0.05, 0.1) is 27.4 Å². The zero-order valence-electron chi connectivity index (χ0n) is 22.1. The van der Waals surface area contributed by atoms with E-state index in [1.165, 1.54) is 12.7 Å². The Bertz CT molecular complexity index is 1360. The van der Waals surface area contributed by atoms with Crippen molar-refractivity contribution in [2.75, 3.05) is 20.8 Å². The summed E-state index contributed by atoms with van der Waals surface area (Å²) in [4.78, 5) is 13.4. The highest BCUT2D eigenvalue weighted by Gasteiger charge is 2.26. The number of aliphatic hydroxyl groups excluding tert-OH is 1. The number of carbonyl (C=O) groups is 1. The minimum atomic E-state index is -0.472. The lowest BCUT2D eigenvalue weighted by Crippen LogP contribution is -2.10. The average molecular weight is 503 g/mol. The molecule has 1 aromatic heterocycles. The molecular formula is C31H34O6. The van der Waals surface area contributed by atoms with E-state index >= 15 is 0 Å². The standard InChI is InChI=1S/C31H34O6/c1-31(2,3)23-12-10-22(11-13-23)28-27(25-17-21(19-32)18-26(35-5)29(25)37-28)30(33)36-16-6-7-20-8-14-24(34-4)15-9-20/h8-15,17-18,32H,6-7,16,19H2,1-5H3. The fourth-order valence-corrected chi connectivity index (χ4v) is 4.30. The summed E-state index contributed by atoms with van der Waals surface area (Å²) in [5.41, 5.74) is 4.47. The van der Waals surface area contributed by atoms with E-state index in [1.54, 1.807) is 19.2 Å². The Morgan fingerprint density at radius 1 is 0.919 bits per heavy atom. The number of fused-ring (bicyclic) bond motifs is 1. The molecule has 0 spiro atoms. The molecule has 0 saturated heterocycles. The second-order valence-electron chi connectivity index (χ2n) is 10.1. The van der Waals surface area contributed by atoms with E-state index in [0.29, 0.717) is 40.0 Å². The lowest BCUT2D eigenvalue weighted by atomic mass is 9.86. The number of furan rings is 1. The van der Waals surface area contributed by atoms with Crippen molar-refractivity contribution in [3.8, 4) is 22.8 Å². The number of methoxy groups -OCH3 is 2. The zero-order chi connectivity index (χ0) is 26.6. The summed E-state index contributed by atoms with van der Waals surface area (Å²) in [6.07, 6.45) is 1.45. The van der Waals surface area contributed by atoms with Crippen molar-refractivity contribution in [3.05, 3.63) is 82.9 Å². The molecule has 6 heteroatoms. The number of rotatable bonds is 9. The quantitative estimate of drug-likeness (QED) is 0.203. The first-order chi connectivity index (χ1) is 17.7. The van der Waals surface area contributed by atoms with Crippen LogP contribution in [0.15, 0.2) is 65.1 Å². The van der Waals surface area contributed by atoms with Crippen molar-refractivity contribution >= 4 is 16.9 Å². The van der Waals surface area contributed by atoms with Crippen molar-refractivity contribution in [2.45, 2.75) is 45.6 Å². The molecular weight excluding hydrogens is 468 g/mol. The van der Waals surface area contributed by atoms with Crippen LogP contribution < -0.4 is 9.47 Å². The average Bonchev–Trinajstić information content (AvgIpc) is 3.30. The molecule has 4 aromatic rings. The minimum absolute atomic E-state index is 0.00268. The van der Waals surface area contributed by atoms with Crippen molar-refractivity contribution in [1.82, 2.24) is 0 Å². The van der Waals surface area contributed by atoms with Crippen LogP contribution in [0.25, 0.3) is 22.3 Å². The Balaban J connectivity index is 1.64. The van der Waals surface area contributed by atoms with Crippen molar-refractivity contribution < 1.29 is 28.5 Å². The molecule has 1 N–H and O–H groups in total. The van der Waals surface area contributed by atoms with Crippen LogP contribution in [0.4, 0.5) is 0 Å². The number of esters is 1. The van der Waals surface area contributed by atoms with Crippen LogP contribution in [0.5, 0.6) is 11.5 Å². The molecule has 0 fully saturated rings. The van der Waals surface area contributed by atoms with Gasteiger partial charge in [-0.15, -0.1) is 0 Å². The van der Waals surface area contributed by atoms with Gasteiger partial charge in [-0.1, -0.05) is 57.2 Å². The summed E-state index contributed by atoms with van der Waals surface area (Å²) >= 11 is 0. The molecule has 4 rings (SSSR count). The molecule has 1 heterocycles. The number of benzene rings is 3. The summed E-state index contributed by atoms with van der Waals surface area (Å²) in [5, 5.41) is 10.3. The van der Waals surface area contributed by atoms with Gasteiger partial charge in [0.1, 0.15) is 17.1 Å². The van der Waals surface area contributed by atoms with Gasteiger partial charge in [0.25, 0.3) is 0 Å². The summed E-state index contributed by atoms with van der Waals surface area (Å²) in [6, 6.07) is 19.3. The molecule has 3 aromatic carbocycles. The molecule has 0 saturated carbocycles. The Hall–Kier alpha value is -3.77. The fraction of sp³-hybridized carbons (Fsp3) is 0.323. The topological polar surface area (TPSA) is 78.1 Å². The van der Waals surface area contributed by atoms with Crippen LogP contribution in [0, 0.1) is 0 Å². The van der Waals surface area contributed by atoms with Crippen molar-refractivity contribution in [2.24, 2.45) is 0 Å². The van der Waals surface area contributed by atoms with Gasteiger partial charge in [0.15, 0.2) is 11.3 Å². The Labute approximate surface area is 217 Å². The summed E-state index contributed by atoms with van der Waals surface area (Å²) < 4.78 is 22.7. The first-order valence-corrected chi connectivity index (χ1v) is 12.4. The third kappa shape index (κ3) is 5.81. The van der Waals surface area contributed by atoms with Gasteiger partial charge in [-0.2, -0.15) is 0 Å². The molecule has 37 heavy (non-hydrogen) atoms. The van der Waals surface area contributed by atoms with Crippen LogP contribution in [-0.4, -0.2) is 31.9 Å². The van der Waals surface area contributed by atoms with Gasteiger partial charge in [-0.25, -0.2) is 4.79 Å². The molecule has 6 nitrogen and oxygen atoms in total. The number of aryl methyl sites for hydroxylation is 1. The van der Waals surface area contributed by atoms with Gasteiger partial charge in [0, 0.05) is 10.9 Å². The van der Waals surface area contributed by atoms with Crippen molar-refractivity contribution in [3.63, 3.8) is 0 Å². The second-order valence-corrected chi connectivity index (χ2v) is 10.1. The fourth-order valence-electron chi connectivity index (χ4n) is 4.30. The molecule has 0 amide bonds. The molecule has 194 valence electrons. The van der Waals surface area contributed by atoms with Crippen LogP contribution in [-0.2, 0) is 23.2 Å². The van der Waals surface area contributed by atoms with E-state index < -0.39 is 5.97 Å². The van der Waals surface area contributed by atoms with E-state index in [4.69, 9.17) is 18.6 Å². The highest BCUT2D eigenvalue weighted by atomic mass is 16.5. The Kier molecular flexibility index (Phi) is 7.89.